The van der Waals surface area contributed by atoms with Crippen molar-refractivity contribution in [1.29, 1.82) is 0 Å². The van der Waals surface area contributed by atoms with Gasteiger partial charge in [-0.25, -0.2) is 4.79 Å². The maximum atomic E-state index is 12.2. The molecule has 0 saturated heterocycles. The van der Waals surface area contributed by atoms with Crippen molar-refractivity contribution < 1.29 is 9.34 Å². The zero-order chi connectivity index (χ0) is 18.4. The first-order chi connectivity index (χ1) is 11.7. The average Bonchev–Trinajstić information content (AvgIpc) is 2.51. The number of nitrogens with one attached hydrogen (secondary N) is 1. The van der Waals surface area contributed by atoms with E-state index in [-0.39, 0.29) is 17.1 Å². The molecule has 2 aromatic rings. The Hall–Kier alpha value is -2.37. The second-order valence-electron chi connectivity index (χ2n) is 8.03. The van der Waals surface area contributed by atoms with Crippen molar-refractivity contribution in [3.63, 3.8) is 0 Å². The predicted octanol–water partition coefficient (Wildman–Crippen LogP) is 4.57. The number of hydrogen-bond acceptors (Lipinski definition) is 5. The monoisotopic (exact) mass is 344 g/mol. The molecule has 1 aliphatic carbocycles. The van der Waals surface area contributed by atoms with Crippen LogP contribution in [-0.4, -0.2) is 11.0 Å². The minimum atomic E-state index is -0.915. The summed E-state index contributed by atoms with van der Waals surface area (Å²) in [6.07, 6.45) is 2.01. The second-order valence-corrected chi connectivity index (χ2v) is 8.03. The Morgan fingerprint density at radius 3 is 2.60 bits per heavy atom. The summed E-state index contributed by atoms with van der Waals surface area (Å²) in [7, 11) is 0. The molecule has 134 valence electrons. The van der Waals surface area contributed by atoms with Crippen LogP contribution in [0.5, 0.6) is 0 Å². The number of rotatable bonds is 3. The number of hydrogen-bond donors (Lipinski definition) is 1. The van der Waals surface area contributed by atoms with Gasteiger partial charge in [0.25, 0.3) is 0 Å². The summed E-state index contributed by atoms with van der Waals surface area (Å²) in [5.41, 5.74) is -0.646. The molecule has 25 heavy (non-hydrogen) atoms. The Morgan fingerprint density at radius 2 is 1.92 bits per heavy atom. The Kier molecular flexibility index (Phi) is 4.31. The van der Waals surface area contributed by atoms with Crippen LogP contribution in [0.15, 0.2) is 33.5 Å². The molecule has 1 heterocycles. The van der Waals surface area contributed by atoms with Crippen LogP contribution in [0.1, 0.15) is 40.5 Å². The normalized spacial score (nSPS) is 25.7. The molecule has 3 rings (SSSR count). The first kappa shape index (κ1) is 17.5. The van der Waals surface area contributed by atoms with E-state index in [0.717, 1.165) is 12.8 Å². The van der Waals surface area contributed by atoms with Crippen molar-refractivity contribution in [3.8, 4) is 0 Å². The molecule has 0 amide bonds. The molecule has 6 heteroatoms. The van der Waals surface area contributed by atoms with Gasteiger partial charge in [-0.1, -0.05) is 39.8 Å². The van der Waals surface area contributed by atoms with E-state index in [0.29, 0.717) is 22.8 Å². The smallest absolute Gasteiger partial charge is 0.417 e. The fourth-order valence-electron chi connectivity index (χ4n) is 4.14. The summed E-state index contributed by atoms with van der Waals surface area (Å²) < 4.78 is 5.14. The van der Waals surface area contributed by atoms with Crippen LogP contribution in [0.3, 0.4) is 0 Å². The van der Waals surface area contributed by atoms with Crippen molar-refractivity contribution in [1.82, 2.24) is 0 Å². The van der Waals surface area contributed by atoms with Gasteiger partial charge in [-0.2, -0.15) is 0 Å². The summed E-state index contributed by atoms with van der Waals surface area (Å²) in [5, 5.41) is 15.4. The van der Waals surface area contributed by atoms with E-state index < -0.39 is 16.2 Å². The highest BCUT2D eigenvalue weighted by molar-refractivity contribution is 5.94. The Bertz CT molecular complexity index is 871. The van der Waals surface area contributed by atoms with E-state index in [1.807, 2.05) is 0 Å². The van der Waals surface area contributed by atoms with Gasteiger partial charge in [0.15, 0.2) is 0 Å². The van der Waals surface area contributed by atoms with Crippen LogP contribution in [0.25, 0.3) is 11.0 Å². The molecule has 1 aromatic carbocycles. The molecule has 0 aliphatic heterocycles. The summed E-state index contributed by atoms with van der Waals surface area (Å²) in [6, 6.07) is 6.99. The predicted molar refractivity (Wildman–Crippen MR) is 97.9 cm³/mol. The van der Waals surface area contributed by atoms with E-state index in [2.05, 4.69) is 33.0 Å². The number of benzene rings is 1. The molecule has 3 atom stereocenters. The van der Waals surface area contributed by atoms with E-state index in [9.17, 15) is 14.9 Å². The number of nitrogens with zero attached hydrogens (tertiary/aromatic N) is 1. The van der Waals surface area contributed by atoms with Crippen LogP contribution in [0.4, 0.5) is 11.4 Å². The number of anilines is 1. The number of fused-ring (bicyclic) bond motifs is 1. The summed E-state index contributed by atoms with van der Waals surface area (Å²) in [6.45, 7) is 8.81. The highest BCUT2D eigenvalue weighted by Crippen LogP contribution is 2.43. The number of para-hydroxylation sites is 1. The quantitative estimate of drug-likeness (QED) is 0.500. The molecule has 0 bridgehead atoms. The van der Waals surface area contributed by atoms with E-state index in [4.69, 9.17) is 4.42 Å². The highest BCUT2D eigenvalue weighted by Gasteiger charge is 2.38. The molecule has 1 aliphatic rings. The molecular formula is C19H24N2O4. The van der Waals surface area contributed by atoms with Gasteiger partial charge < -0.3 is 9.73 Å². The van der Waals surface area contributed by atoms with Gasteiger partial charge in [0.2, 0.25) is 0 Å². The molecule has 1 aromatic heterocycles. The van der Waals surface area contributed by atoms with Crippen molar-refractivity contribution in [3.05, 3.63) is 44.8 Å². The first-order valence-electron chi connectivity index (χ1n) is 8.66. The van der Waals surface area contributed by atoms with Crippen LogP contribution < -0.4 is 10.9 Å². The largest absolute Gasteiger partial charge is 0.418 e. The minimum Gasteiger partial charge on any atom is -0.418 e. The highest BCUT2D eigenvalue weighted by atomic mass is 16.6. The van der Waals surface area contributed by atoms with Crippen LogP contribution in [0.2, 0.25) is 0 Å². The zero-order valence-corrected chi connectivity index (χ0v) is 15.0. The summed E-state index contributed by atoms with van der Waals surface area (Å²) >= 11 is 0. The van der Waals surface area contributed by atoms with Crippen LogP contribution >= 0.6 is 0 Å². The third-order valence-electron chi connectivity index (χ3n) is 5.48. The van der Waals surface area contributed by atoms with Gasteiger partial charge in [-0.15, -0.1) is 0 Å². The van der Waals surface area contributed by atoms with Gasteiger partial charge in [0.05, 0.1) is 4.92 Å². The second kappa shape index (κ2) is 6.17. The van der Waals surface area contributed by atoms with Crippen LogP contribution in [0, 0.1) is 27.4 Å². The Balaban J connectivity index is 2.13. The van der Waals surface area contributed by atoms with Crippen molar-refractivity contribution in [2.75, 3.05) is 5.32 Å². The molecule has 0 unspecified atom stereocenters. The van der Waals surface area contributed by atoms with Crippen molar-refractivity contribution in [2.45, 2.75) is 46.6 Å². The van der Waals surface area contributed by atoms with E-state index in [1.165, 1.54) is 0 Å². The third-order valence-corrected chi connectivity index (χ3v) is 5.48. The van der Waals surface area contributed by atoms with Crippen LogP contribution in [-0.2, 0) is 0 Å². The lowest BCUT2D eigenvalue weighted by molar-refractivity contribution is -0.386. The SMILES string of the molecule is C[C@H]1[C@@H](Nc2c([N+](=O)[O-])c(=O)oc3ccccc23)CC(C)(C)C[C@@H]1C. The lowest BCUT2D eigenvalue weighted by atomic mass is 9.66. The lowest BCUT2D eigenvalue weighted by Gasteiger charge is -2.44. The molecule has 6 nitrogen and oxygen atoms in total. The molecule has 0 spiro atoms. The van der Waals surface area contributed by atoms with E-state index >= 15 is 0 Å². The fourth-order valence-corrected chi connectivity index (χ4v) is 4.14. The fraction of sp³-hybridized carbons (Fsp3) is 0.526. The number of nitro groups is 1. The minimum absolute atomic E-state index is 0.0580. The molecule has 1 N–H and O–H groups in total. The van der Waals surface area contributed by atoms with Gasteiger partial charge in [0.1, 0.15) is 11.3 Å². The Morgan fingerprint density at radius 1 is 1.24 bits per heavy atom. The third kappa shape index (κ3) is 3.25. The van der Waals surface area contributed by atoms with Gasteiger partial charge in [-0.05, 0) is 42.2 Å². The molecule has 1 fully saturated rings. The first-order valence-corrected chi connectivity index (χ1v) is 8.66. The molecular weight excluding hydrogens is 320 g/mol. The van der Waals surface area contributed by atoms with Gasteiger partial charge in [0, 0.05) is 11.4 Å². The standard InChI is InChI=1S/C19H24N2O4/c1-11-9-19(3,4)10-14(12(11)2)20-16-13-7-5-6-8-15(13)25-18(22)17(16)21(23)24/h5-8,11-12,14,20H,9-10H2,1-4H3/t11-,12+,14-/m0/s1. The maximum Gasteiger partial charge on any atom is 0.417 e. The summed E-state index contributed by atoms with van der Waals surface area (Å²) in [5.74, 6) is 0.838. The molecule has 0 radical (unpaired) electrons. The van der Waals surface area contributed by atoms with Crippen molar-refractivity contribution >= 4 is 22.3 Å². The Labute approximate surface area is 146 Å². The summed E-state index contributed by atoms with van der Waals surface area (Å²) in [4.78, 5) is 23.0. The average molecular weight is 344 g/mol. The lowest BCUT2D eigenvalue weighted by Crippen LogP contribution is -2.42. The zero-order valence-electron chi connectivity index (χ0n) is 15.0. The van der Waals surface area contributed by atoms with Gasteiger partial charge in [-0.3, -0.25) is 10.1 Å². The topological polar surface area (TPSA) is 85.4 Å². The molecule has 1 saturated carbocycles. The maximum absolute atomic E-state index is 12.2. The van der Waals surface area contributed by atoms with Crippen molar-refractivity contribution in [2.24, 2.45) is 17.3 Å². The van der Waals surface area contributed by atoms with Gasteiger partial charge >= 0.3 is 11.3 Å². The van der Waals surface area contributed by atoms with E-state index in [1.54, 1.807) is 24.3 Å².